The van der Waals surface area contributed by atoms with Crippen LogP contribution in [-0.4, -0.2) is 18.6 Å². The summed E-state index contributed by atoms with van der Waals surface area (Å²) in [5.74, 6) is 0.647. The van der Waals surface area contributed by atoms with Crippen LogP contribution in [0.2, 0.25) is 0 Å². The average Bonchev–Trinajstić information content (AvgIpc) is 3.29. The molecule has 0 spiro atoms. The summed E-state index contributed by atoms with van der Waals surface area (Å²) in [4.78, 5) is 27.4. The van der Waals surface area contributed by atoms with Crippen LogP contribution in [-0.2, 0) is 9.59 Å². The number of rotatable bonds is 1. The van der Waals surface area contributed by atoms with E-state index in [4.69, 9.17) is 9.47 Å². The van der Waals surface area contributed by atoms with Crippen molar-refractivity contribution in [3.8, 4) is 11.5 Å². The Kier molecular flexibility index (Phi) is 2.59. The number of allylic oxidation sites excluding steroid dienone is 4. The summed E-state index contributed by atoms with van der Waals surface area (Å²) in [6, 6.07) is 5.22. The monoisotopic (exact) mass is 323 g/mol. The summed E-state index contributed by atoms with van der Waals surface area (Å²) in [6.07, 6.45) is 4.20. The molecular weight excluding hydrogens is 306 g/mol. The van der Waals surface area contributed by atoms with Gasteiger partial charge in [-0.1, -0.05) is 23.3 Å². The van der Waals surface area contributed by atoms with Crippen molar-refractivity contribution in [2.45, 2.75) is 13.8 Å². The van der Waals surface area contributed by atoms with Crippen LogP contribution in [0.3, 0.4) is 0 Å². The van der Waals surface area contributed by atoms with E-state index in [2.05, 4.69) is 26.0 Å². The first-order valence-corrected chi connectivity index (χ1v) is 8.21. The fourth-order valence-corrected chi connectivity index (χ4v) is 4.71. The quantitative estimate of drug-likeness (QED) is 0.589. The summed E-state index contributed by atoms with van der Waals surface area (Å²) in [7, 11) is 0. The van der Waals surface area contributed by atoms with E-state index in [1.165, 1.54) is 16.0 Å². The van der Waals surface area contributed by atoms with Gasteiger partial charge in [-0.2, -0.15) is 0 Å². The summed E-state index contributed by atoms with van der Waals surface area (Å²) >= 11 is 0. The number of hydrogen-bond donors (Lipinski definition) is 0. The van der Waals surface area contributed by atoms with Gasteiger partial charge >= 0.3 is 0 Å². The SMILES string of the molecule is CC(C)=C1[C@H]2C=C[C@H]1[C@H]1C(=O)N(c3ccc4c(c3)OCO4)C(=O)[C@H]12. The zero-order valence-corrected chi connectivity index (χ0v) is 13.5. The van der Waals surface area contributed by atoms with E-state index in [9.17, 15) is 9.59 Å². The first-order valence-electron chi connectivity index (χ1n) is 8.21. The van der Waals surface area contributed by atoms with Crippen molar-refractivity contribution in [1.82, 2.24) is 0 Å². The third-order valence-corrected chi connectivity index (χ3v) is 5.61. The average molecular weight is 323 g/mol. The predicted molar refractivity (Wildman–Crippen MR) is 86.5 cm³/mol. The Bertz CT molecular complexity index is 815. The lowest BCUT2D eigenvalue weighted by Gasteiger charge is -2.19. The predicted octanol–water partition coefficient (Wildman–Crippen LogP) is 2.67. The minimum atomic E-state index is -0.261. The van der Waals surface area contributed by atoms with Crippen LogP contribution in [0.15, 0.2) is 41.5 Å². The first kappa shape index (κ1) is 13.8. The van der Waals surface area contributed by atoms with E-state index < -0.39 is 0 Å². The smallest absolute Gasteiger partial charge is 0.238 e. The molecule has 0 N–H and O–H groups in total. The molecule has 2 aliphatic heterocycles. The molecular formula is C19H17NO4. The molecule has 2 heterocycles. The lowest BCUT2D eigenvalue weighted by molar-refractivity contribution is -0.122. The van der Waals surface area contributed by atoms with Gasteiger partial charge in [0, 0.05) is 17.9 Å². The summed E-state index contributed by atoms with van der Waals surface area (Å²) in [5, 5.41) is 0. The third-order valence-electron chi connectivity index (χ3n) is 5.61. The fraction of sp³-hybridized carbons (Fsp3) is 0.368. The Labute approximate surface area is 139 Å². The van der Waals surface area contributed by atoms with Crippen molar-refractivity contribution in [3.05, 3.63) is 41.5 Å². The standard InChI is InChI=1S/C19H17NO4/c1-9(2)15-11-4-5-12(15)17-16(11)18(21)20(19(17)22)10-3-6-13-14(7-10)24-8-23-13/h3-7,11-12,16-17H,8H2,1-2H3/t11-,12-,16-,17+/m1/s1. The zero-order valence-electron chi connectivity index (χ0n) is 13.5. The van der Waals surface area contributed by atoms with Crippen LogP contribution >= 0.6 is 0 Å². The topological polar surface area (TPSA) is 55.8 Å². The molecule has 2 aliphatic carbocycles. The fourth-order valence-electron chi connectivity index (χ4n) is 4.71. The van der Waals surface area contributed by atoms with Crippen molar-refractivity contribution in [2.24, 2.45) is 23.7 Å². The lowest BCUT2D eigenvalue weighted by atomic mass is 9.85. The normalized spacial score (nSPS) is 32.1. The Balaban J connectivity index is 1.56. The lowest BCUT2D eigenvalue weighted by Crippen LogP contribution is -2.33. The highest BCUT2D eigenvalue weighted by atomic mass is 16.7. The van der Waals surface area contributed by atoms with Crippen molar-refractivity contribution >= 4 is 17.5 Å². The molecule has 24 heavy (non-hydrogen) atoms. The minimum absolute atomic E-state index is 0.0699. The van der Waals surface area contributed by atoms with Crippen LogP contribution < -0.4 is 14.4 Å². The van der Waals surface area contributed by atoms with Crippen molar-refractivity contribution in [2.75, 3.05) is 11.7 Å². The van der Waals surface area contributed by atoms with Crippen LogP contribution in [0.4, 0.5) is 5.69 Å². The van der Waals surface area contributed by atoms with E-state index in [1.807, 2.05) is 0 Å². The van der Waals surface area contributed by atoms with Gasteiger partial charge in [0.2, 0.25) is 18.6 Å². The van der Waals surface area contributed by atoms with Gasteiger partial charge in [-0.05, 0) is 26.0 Å². The molecule has 4 aliphatic rings. The van der Waals surface area contributed by atoms with Gasteiger partial charge in [0.1, 0.15) is 0 Å². The number of benzene rings is 1. The number of nitrogens with zero attached hydrogens (tertiary/aromatic N) is 1. The highest BCUT2D eigenvalue weighted by molar-refractivity contribution is 6.23. The van der Waals surface area contributed by atoms with E-state index in [0.29, 0.717) is 17.2 Å². The Hall–Kier alpha value is -2.56. The molecule has 5 rings (SSSR count). The Morgan fingerprint density at radius 1 is 1.00 bits per heavy atom. The van der Waals surface area contributed by atoms with E-state index in [-0.39, 0.29) is 42.3 Å². The first-order chi connectivity index (χ1) is 11.6. The highest BCUT2D eigenvalue weighted by Gasteiger charge is 2.61. The molecule has 0 unspecified atom stereocenters. The number of amides is 2. The zero-order chi connectivity index (χ0) is 16.6. The van der Waals surface area contributed by atoms with Gasteiger partial charge in [0.25, 0.3) is 0 Å². The summed E-state index contributed by atoms with van der Waals surface area (Å²) in [5.41, 5.74) is 3.05. The number of carbonyl (C=O) groups is 2. The van der Waals surface area contributed by atoms with Gasteiger partial charge < -0.3 is 9.47 Å². The van der Waals surface area contributed by atoms with Gasteiger partial charge in [0.05, 0.1) is 17.5 Å². The second-order valence-electron chi connectivity index (χ2n) is 6.99. The minimum Gasteiger partial charge on any atom is -0.454 e. The van der Waals surface area contributed by atoms with Crippen molar-refractivity contribution < 1.29 is 19.1 Å². The second-order valence-corrected chi connectivity index (χ2v) is 6.99. The van der Waals surface area contributed by atoms with Gasteiger partial charge in [-0.25, -0.2) is 4.90 Å². The molecule has 1 aromatic rings. The molecule has 5 nitrogen and oxygen atoms in total. The molecule has 1 aromatic carbocycles. The van der Waals surface area contributed by atoms with Crippen LogP contribution in [0.1, 0.15) is 13.8 Å². The molecule has 4 atom stereocenters. The van der Waals surface area contributed by atoms with Crippen LogP contribution in [0.25, 0.3) is 0 Å². The number of hydrogen-bond acceptors (Lipinski definition) is 4. The molecule has 0 radical (unpaired) electrons. The molecule has 1 saturated carbocycles. The van der Waals surface area contributed by atoms with Crippen LogP contribution in [0.5, 0.6) is 11.5 Å². The summed E-state index contributed by atoms with van der Waals surface area (Å²) < 4.78 is 10.7. The molecule has 122 valence electrons. The highest BCUT2D eigenvalue weighted by Crippen LogP contribution is 2.57. The van der Waals surface area contributed by atoms with Crippen molar-refractivity contribution in [1.29, 1.82) is 0 Å². The maximum Gasteiger partial charge on any atom is 0.238 e. The molecule has 2 bridgehead atoms. The Morgan fingerprint density at radius 2 is 1.62 bits per heavy atom. The number of anilines is 1. The number of imide groups is 1. The third kappa shape index (κ3) is 1.54. The van der Waals surface area contributed by atoms with Crippen LogP contribution in [0, 0.1) is 23.7 Å². The maximum absolute atomic E-state index is 13.0. The van der Waals surface area contributed by atoms with E-state index in [1.54, 1.807) is 18.2 Å². The number of carbonyl (C=O) groups excluding carboxylic acids is 2. The molecule has 0 aromatic heterocycles. The molecule has 5 heteroatoms. The van der Waals surface area contributed by atoms with E-state index in [0.717, 1.165) is 0 Å². The molecule has 1 saturated heterocycles. The summed E-state index contributed by atoms with van der Waals surface area (Å²) in [6.45, 7) is 4.30. The Morgan fingerprint density at radius 3 is 2.25 bits per heavy atom. The van der Waals surface area contributed by atoms with Crippen molar-refractivity contribution in [3.63, 3.8) is 0 Å². The maximum atomic E-state index is 13.0. The largest absolute Gasteiger partial charge is 0.454 e. The van der Waals surface area contributed by atoms with Gasteiger partial charge in [-0.15, -0.1) is 0 Å². The number of fused-ring (bicyclic) bond motifs is 6. The molecule has 2 amide bonds. The van der Waals surface area contributed by atoms with Gasteiger partial charge in [-0.3, -0.25) is 9.59 Å². The molecule has 2 fully saturated rings. The second kappa shape index (κ2) is 4.50. The van der Waals surface area contributed by atoms with E-state index >= 15 is 0 Å². The number of ether oxygens (including phenoxy) is 2. The van der Waals surface area contributed by atoms with Gasteiger partial charge in [0.15, 0.2) is 11.5 Å².